The average molecular weight is 246 g/mol. The lowest BCUT2D eigenvalue weighted by Crippen LogP contribution is -2.49. The molecule has 3 heterocycles. The number of carbonyl (C=O) groups is 2. The molecule has 1 fully saturated rings. The molecule has 6 nitrogen and oxygen atoms in total. The number of urea groups is 1. The Labute approximate surface area is 104 Å². The van der Waals surface area contributed by atoms with Crippen LogP contribution in [0, 0.1) is 0 Å². The summed E-state index contributed by atoms with van der Waals surface area (Å²) in [6.45, 7) is 1.02. The molecular weight excluding hydrogens is 232 g/mol. The molecule has 18 heavy (non-hydrogen) atoms. The van der Waals surface area contributed by atoms with Crippen molar-refractivity contribution in [2.75, 3.05) is 18.4 Å². The lowest BCUT2D eigenvalue weighted by molar-refractivity contribution is -0.122. The number of aromatic nitrogens is 1. The maximum Gasteiger partial charge on any atom is 0.314 e. The van der Waals surface area contributed by atoms with Crippen molar-refractivity contribution in [3.8, 4) is 0 Å². The van der Waals surface area contributed by atoms with Gasteiger partial charge in [0, 0.05) is 24.8 Å². The van der Waals surface area contributed by atoms with Crippen LogP contribution in [0.1, 0.15) is 18.4 Å². The van der Waals surface area contributed by atoms with Crippen LogP contribution in [0.5, 0.6) is 0 Å². The molecule has 0 aromatic carbocycles. The second-order valence-corrected chi connectivity index (χ2v) is 4.76. The maximum absolute atomic E-state index is 12.2. The number of likely N-dealkylation sites (tertiary alicyclic amines) is 1. The van der Waals surface area contributed by atoms with Crippen LogP contribution in [0.4, 0.5) is 10.6 Å². The number of rotatable bonds is 0. The second-order valence-electron chi connectivity index (χ2n) is 4.76. The molecule has 3 rings (SSSR count). The standard InChI is InChI=1S/C12H14N4O2/c13-11(18)16-6-3-12(4-7-16)8-2-1-5-14-9(8)15-10(12)17/h1-2,5H,3-4,6-7H2,(H2,13,18)(H,14,15,17). The predicted octanol–water partition coefficient (Wildman–Crippen LogP) is 0.446. The number of pyridine rings is 1. The van der Waals surface area contributed by atoms with Crippen LogP contribution in [0.25, 0.3) is 0 Å². The van der Waals surface area contributed by atoms with Gasteiger partial charge in [-0.2, -0.15) is 0 Å². The van der Waals surface area contributed by atoms with Gasteiger partial charge in [-0.15, -0.1) is 0 Å². The maximum atomic E-state index is 12.2. The molecule has 0 radical (unpaired) electrons. The molecule has 6 heteroatoms. The fourth-order valence-electron chi connectivity index (χ4n) is 2.85. The molecular formula is C12H14N4O2. The van der Waals surface area contributed by atoms with Gasteiger partial charge in [0.15, 0.2) is 0 Å². The summed E-state index contributed by atoms with van der Waals surface area (Å²) in [6.07, 6.45) is 2.86. The van der Waals surface area contributed by atoms with Crippen LogP contribution in [-0.4, -0.2) is 34.9 Å². The first kappa shape index (κ1) is 11.0. The van der Waals surface area contributed by atoms with E-state index in [9.17, 15) is 9.59 Å². The number of nitrogens with one attached hydrogen (secondary N) is 1. The largest absolute Gasteiger partial charge is 0.351 e. The summed E-state index contributed by atoms with van der Waals surface area (Å²) in [7, 11) is 0. The Morgan fingerprint density at radius 2 is 2.17 bits per heavy atom. The van der Waals surface area contributed by atoms with Gasteiger partial charge in [-0.25, -0.2) is 9.78 Å². The summed E-state index contributed by atoms with van der Waals surface area (Å²) in [4.78, 5) is 29.1. The Balaban J connectivity index is 1.93. The van der Waals surface area contributed by atoms with Gasteiger partial charge < -0.3 is 16.0 Å². The SMILES string of the molecule is NC(=O)N1CCC2(CC1)C(=O)Nc1ncccc12. The van der Waals surface area contributed by atoms with Crippen LogP contribution in [-0.2, 0) is 10.2 Å². The zero-order valence-corrected chi connectivity index (χ0v) is 9.85. The molecule has 3 amide bonds. The topological polar surface area (TPSA) is 88.3 Å². The summed E-state index contributed by atoms with van der Waals surface area (Å²) in [5.74, 6) is 0.635. The number of amides is 3. The Bertz CT molecular complexity index is 521. The van der Waals surface area contributed by atoms with Crippen molar-refractivity contribution < 1.29 is 9.59 Å². The third-order valence-corrected chi connectivity index (χ3v) is 3.92. The molecule has 2 aliphatic heterocycles. The first-order valence-corrected chi connectivity index (χ1v) is 5.95. The molecule has 1 aromatic rings. The highest BCUT2D eigenvalue weighted by Crippen LogP contribution is 2.43. The molecule has 3 N–H and O–H groups in total. The molecule has 0 aliphatic carbocycles. The van der Waals surface area contributed by atoms with Crippen molar-refractivity contribution in [1.29, 1.82) is 0 Å². The van der Waals surface area contributed by atoms with Crippen molar-refractivity contribution in [3.05, 3.63) is 23.9 Å². The number of hydrogen-bond acceptors (Lipinski definition) is 3. The molecule has 0 saturated carbocycles. The average Bonchev–Trinajstić information content (AvgIpc) is 2.64. The molecule has 1 spiro atoms. The summed E-state index contributed by atoms with van der Waals surface area (Å²) >= 11 is 0. The van der Waals surface area contributed by atoms with Crippen LogP contribution < -0.4 is 11.1 Å². The summed E-state index contributed by atoms with van der Waals surface area (Å²) in [5.41, 5.74) is 5.67. The molecule has 2 aliphatic rings. The normalized spacial score (nSPS) is 20.7. The summed E-state index contributed by atoms with van der Waals surface area (Å²) in [5, 5.41) is 2.82. The molecule has 94 valence electrons. The number of hydrogen-bond donors (Lipinski definition) is 2. The molecule has 1 aromatic heterocycles. The van der Waals surface area contributed by atoms with Crippen molar-refractivity contribution in [2.45, 2.75) is 18.3 Å². The van der Waals surface area contributed by atoms with Gasteiger partial charge in [0.1, 0.15) is 5.82 Å². The third kappa shape index (κ3) is 1.38. The van der Waals surface area contributed by atoms with Crippen LogP contribution in [0.3, 0.4) is 0 Å². The van der Waals surface area contributed by atoms with Crippen molar-refractivity contribution in [2.24, 2.45) is 5.73 Å². The van der Waals surface area contributed by atoms with E-state index in [0.717, 1.165) is 5.56 Å². The van der Waals surface area contributed by atoms with Gasteiger partial charge in [-0.1, -0.05) is 6.07 Å². The highest BCUT2D eigenvalue weighted by Gasteiger charge is 2.49. The number of anilines is 1. The van der Waals surface area contributed by atoms with E-state index in [4.69, 9.17) is 5.73 Å². The van der Waals surface area contributed by atoms with Gasteiger partial charge >= 0.3 is 6.03 Å². The van der Waals surface area contributed by atoms with Gasteiger partial charge in [-0.05, 0) is 18.9 Å². The summed E-state index contributed by atoms with van der Waals surface area (Å²) in [6, 6.07) is 3.34. The fraction of sp³-hybridized carbons (Fsp3) is 0.417. The minimum Gasteiger partial charge on any atom is -0.351 e. The fourth-order valence-corrected chi connectivity index (χ4v) is 2.85. The zero-order valence-electron chi connectivity index (χ0n) is 9.85. The van der Waals surface area contributed by atoms with Crippen molar-refractivity contribution >= 4 is 17.8 Å². The first-order chi connectivity index (χ1) is 8.63. The minimum absolute atomic E-state index is 0.0136. The van der Waals surface area contributed by atoms with E-state index in [1.807, 2.05) is 12.1 Å². The molecule has 0 unspecified atom stereocenters. The van der Waals surface area contributed by atoms with E-state index in [0.29, 0.717) is 31.7 Å². The Kier molecular flexibility index (Phi) is 2.26. The first-order valence-electron chi connectivity index (χ1n) is 5.95. The van der Waals surface area contributed by atoms with Gasteiger partial charge in [0.25, 0.3) is 0 Å². The monoisotopic (exact) mass is 246 g/mol. The number of primary amides is 1. The molecule has 0 bridgehead atoms. The van der Waals surface area contributed by atoms with Gasteiger partial charge in [-0.3, -0.25) is 4.79 Å². The van der Waals surface area contributed by atoms with E-state index >= 15 is 0 Å². The lowest BCUT2D eigenvalue weighted by Gasteiger charge is -2.36. The van der Waals surface area contributed by atoms with Crippen LogP contribution >= 0.6 is 0 Å². The third-order valence-electron chi connectivity index (χ3n) is 3.92. The van der Waals surface area contributed by atoms with E-state index in [-0.39, 0.29) is 5.91 Å². The highest BCUT2D eigenvalue weighted by molar-refractivity contribution is 6.05. The lowest BCUT2D eigenvalue weighted by atomic mass is 9.74. The number of carbonyl (C=O) groups excluding carboxylic acids is 2. The quantitative estimate of drug-likeness (QED) is 0.696. The van der Waals surface area contributed by atoms with Crippen molar-refractivity contribution in [1.82, 2.24) is 9.88 Å². The molecule has 1 saturated heterocycles. The van der Waals surface area contributed by atoms with E-state index in [2.05, 4.69) is 10.3 Å². The Morgan fingerprint density at radius 1 is 1.44 bits per heavy atom. The minimum atomic E-state index is -0.532. The number of fused-ring (bicyclic) bond motifs is 2. The second kappa shape index (κ2) is 3.69. The van der Waals surface area contributed by atoms with Crippen molar-refractivity contribution in [3.63, 3.8) is 0 Å². The Morgan fingerprint density at radius 3 is 2.83 bits per heavy atom. The Hall–Kier alpha value is -2.11. The van der Waals surface area contributed by atoms with E-state index < -0.39 is 11.4 Å². The number of nitrogens with two attached hydrogens (primary N) is 1. The predicted molar refractivity (Wildman–Crippen MR) is 64.9 cm³/mol. The zero-order chi connectivity index (χ0) is 12.8. The van der Waals surface area contributed by atoms with E-state index in [1.165, 1.54) is 0 Å². The smallest absolute Gasteiger partial charge is 0.314 e. The van der Waals surface area contributed by atoms with Crippen LogP contribution in [0.2, 0.25) is 0 Å². The molecule has 0 atom stereocenters. The van der Waals surface area contributed by atoms with Crippen LogP contribution in [0.15, 0.2) is 18.3 Å². The number of nitrogens with zero attached hydrogens (tertiary/aromatic N) is 2. The van der Waals surface area contributed by atoms with E-state index in [1.54, 1.807) is 11.1 Å². The number of piperidine rings is 1. The summed E-state index contributed by atoms with van der Waals surface area (Å²) < 4.78 is 0. The van der Waals surface area contributed by atoms with Gasteiger partial charge in [0.05, 0.1) is 5.41 Å². The highest BCUT2D eigenvalue weighted by atomic mass is 16.2. The van der Waals surface area contributed by atoms with Gasteiger partial charge in [0.2, 0.25) is 5.91 Å².